The molecule has 1 fully saturated rings. The van der Waals surface area contributed by atoms with Gasteiger partial charge in [0.05, 0.1) is 0 Å². The predicted molar refractivity (Wildman–Crippen MR) is 54.2 cm³/mol. The van der Waals surface area contributed by atoms with E-state index in [1.807, 2.05) is 0 Å². The van der Waals surface area contributed by atoms with Gasteiger partial charge in [-0.25, -0.2) is 0 Å². The summed E-state index contributed by atoms with van der Waals surface area (Å²) in [6, 6.07) is 1.51. The lowest BCUT2D eigenvalue weighted by Crippen LogP contribution is -2.39. The highest BCUT2D eigenvalue weighted by Crippen LogP contribution is 2.17. The standard InChI is InChI=1S/C8H18N2.2H3N/c1-9-7-4-3-5-8(6-7)10-2;;/h7-10H,3-6H2,1-2H3;2*1H3. The average molecular weight is 176 g/mol. The fourth-order valence-electron chi connectivity index (χ4n) is 1.71. The van der Waals surface area contributed by atoms with Gasteiger partial charge in [0.25, 0.3) is 0 Å². The molecule has 0 saturated heterocycles. The van der Waals surface area contributed by atoms with Gasteiger partial charge in [-0.1, -0.05) is 6.42 Å². The number of hydrogen-bond acceptors (Lipinski definition) is 4. The van der Waals surface area contributed by atoms with Crippen LogP contribution in [0, 0.1) is 0 Å². The van der Waals surface area contributed by atoms with Crippen LogP contribution < -0.4 is 22.9 Å². The minimum absolute atomic E-state index is 0. The molecule has 0 aromatic rings. The Kier molecular flexibility index (Phi) is 8.97. The summed E-state index contributed by atoms with van der Waals surface area (Å²) in [4.78, 5) is 0. The summed E-state index contributed by atoms with van der Waals surface area (Å²) in [5.41, 5.74) is 0. The predicted octanol–water partition coefficient (Wildman–Crippen LogP) is 1.06. The van der Waals surface area contributed by atoms with E-state index in [1.54, 1.807) is 0 Å². The molecule has 0 bridgehead atoms. The maximum Gasteiger partial charge on any atom is 0.00788 e. The summed E-state index contributed by atoms with van der Waals surface area (Å²) in [5.74, 6) is 0. The molecular weight excluding hydrogens is 152 g/mol. The Morgan fingerprint density at radius 2 is 1.33 bits per heavy atom. The van der Waals surface area contributed by atoms with Crippen LogP contribution in [0.15, 0.2) is 0 Å². The van der Waals surface area contributed by atoms with Gasteiger partial charge in [-0.15, -0.1) is 0 Å². The van der Waals surface area contributed by atoms with Gasteiger partial charge < -0.3 is 22.9 Å². The van der Waals surface area contributed by atoms with E-state index >= 15 is 0 Å². The molecule has 2 atom stereocenters. The van der Waals surface area contributed by atoms with E-state index in [0.717, 1.165) is 12.1 Å². The molecule has 1 saturated carbocycles. The smallest absolute Gasteiger partial charge is 0.00788 e. The highest BCUT2D eigenvalue weighted by atomic mass is 14.9. The minimum Gasteiger partial charge on any atom is -0.344 e. The molecule has 1 aliphatic carbocycles. The number of nitrogens with one attached hydrogen (secondary N) is 2. The monoisotopic (exact) mass is 176 g/mol. The van der Waals surface area contributed by atoms with Crippen LogP contribution in [0.4, 0.5) is 0 Å². The SMILES string of the molecule is CNC1CCCC(NC)C1.N.N. The van der Waals surface area contributed by atoms with Crippen molar-refractivity contribution in [2.45, 2.75) is 37.8 Å². The first-order valence-corrected chi connectivity index (χ1v) is 4.21. The highest BCUT2D eigenvalue weighted by Gasteiger charge is 2.18. The zero-order valence-electron chi connectivity index (χ0n) is 8.40. The maximum absolute atomic E-state index is 3.33. The third-order valence-corrected chi connectivity index (χ3v) is 2.49. The van der Waals surface area contributed by atoms with Crippen LogP contribution in [0.1, 0.15) is 25.7 Å². The van der Waals surface area contributed by atoms with Crippen molar-refractivity contribution in [3.63, 3.8) is 0 Å². The van der Waals surface area contributed by atoms with Gasteiger partial charge >= 0.3 is 0 Å². The Balaban J connectivity index is 0. The fourth-order valence-corrected chi connectivity index (χ4v) is 1.71. The van der Waals surface area contributed by atoms with Crippen molar-refractivity contribution in [1.29, 1.82) is 0 Å². The average Bonchev–Trinajstić information content (AvgIpc) is 2.05. The highest BCUT2D eigenvalue weighted by molar-refractivity contribution is 4.79. The largest absolute Gasteiger partial charge is 0.344 e. The molecule has 8 N–H and O–H groups in total. The van der Waals surface area contributed by atoms with Crippen molar-refractivity contribution in [2.75, 3.05) is 14.1 Å². The first-order valence-electron chi connectivity index (χ1n) is 4.21. The Hall–Kier alpha value is -0.160. The van der Waals surface area contributed by atoms with Gasteiger partial charge in [0.2, 0.25) is 0 Å². The summed E-state index contributed by atoms with van der Waals surface area (Å²) in [5, 5.41) is 6.66. The van der Waals surface area contributed by atoms with Gasteiger partial charge in [-0.3, -0.25) is 0 Å². The van der Waals surface area contributed by atoms with E-state index in [9.17, 15) is 0 Å². The van der Waals surface area contributed by atoms with Crippen molar-refractivity contribution in [1.82, 2.24) is 22.9 Å². The van der Waals surface area contributed by atoms with E-state index < -0.39 is 0 Å². The summed E-state index contributed by atoms with van der Waals surface area (Å²) in [7, 11) is 4.12. The van der Waals surface area contributed by atoms with Crippen LogP contribution in [0.5, 0.6) is 0 Å². The Labute approximate surface area is 75.7 Å². The third-order valence-electron chi connectivity index (χ3n) is 2.49. The van der Waals surface area contributed by atoms with Gasteiger partial charge in [0.15, 0.2) is 0 Å². The van der Waals surface area contributed by atoms with Crippen molar-refractivity contribution >= 4 is 0 Å². The van der Waals surface area contributed by atoms with Crippen molar-refractivity contribution in [2.24, 2.45) is 0 Å². The Morgan fingerprint density at radius 1 is 0.917 bits per heavy atom. The zero-order chi connectivity index (χ0) is 7.40. The first-order chi connectivity index (χ1) is 4.86. The van der Waals surface area contributed by atoms with Crippen molar-refractivity contribution in [3.8, 4) is 0 Å². The summed E-state index contributed by atoms with van der Waals surface area (Å²) in [6.07, 6.45) is 5.38. The topological polar surface area (TPSA) is 94.1 Å². The molecule has 76 valence electrons. The molecule has 0 spiro atoms. The zero-order valence-corrected chi connectivity index (χ0v) is 8.40. The molecule has 4 heteroatoms. The lowest BCUT2D eigenvalue weighted by Gasteiger charge is -2.28. The van der Waals surface area contributed by atoms with Crippen LogP contribution in [0.3, 0.4) is 0 Å². The van der Waals surface area contributed by atoms with Crippen molar-refractivity contribution < 1.29 is 0 Å². The van der Waals surface area contributed by atoms with E-state index in [4.69, 9.17) is 0 Å². The number of rotatable bonds is 2. The molecule has 2 unspecified atom stereocenters. The van der Waals surface area contributed by atoms with E-state index in [2.05, 4.69) is 24.7 Å². The second-order valence-corrected chi connectivity index (χ2v) is 3.14. The lowest BCUT2D eigenvalue weighted by atomic mass is 9.91. The maximum atomic E-state index is 3.33. The quantitative estimate of drug-likeness (QED) is 0.506. The molecule has 1 aliphatic rings. The fraction of sp³-hybridized carbons (Fsp3) is 1.00. The Bertz CT molecular complexity index is 87.1. The molecule has 0 aromatic heterocycles. The van der Waals surface area contributed by atoms with Gasteiger partial charge in [0.1, 0.15) is 0 Å². The van der Waals surface area contributed by atoms with E-state index in [0.29, 0.717) is 0 Å². The summed E-state index contributed by atoms with van der Waals surface area (Å²) in [6.45, 7) is 0. The molecule has 0 heterocycles. The molecule has 1 rings (SSSR count). The molecule has 0 aromatic carbocycles. The second-order valence-electron chi connectivity index (χ2n) is 3.14. The normalized spacial score (nSPS) is 28.5. The third kappa shape index (κ3) is 4.01. The summed E-state index contributed by atoms with van der Waals surface area (Å²) < 4.78 is 0. The molecule has 0 aliphatic heterocycles. The van der Waals surface area contributed by atoms with E-state index in [-0.39, 0.29) is 12.3 Å². The van der Waals surface area contributed by atoms with Crippen LogP contribution in [-0.4, -0.2) is 26.2 Å². The Morgan fingerprint density at radius 3 is 1.67 bits per heavy atom. The van der Waals surface area contributed by atoms with Crippen molar-refractivity contribution in [3.05, 3.63) is 0 Å². The summed E-state index contributed by atoms with van der Waals surface area (Å²) >= 11 is 0. The van der Waals surface area contributed by atoms with Gasteiger partial charge in [-0.05, 0) is 33.4 Å². The first kappa shape index (κ1) is 14.4. The number of hydrogen-bond donors (Lipinski definition) is 4. The second kappa shape index (κ2) is 7.49. The minimum atomic E-state index is 0. The molecule has 0 amide bonds. The molecule has 0 radical (unpaired) electrons. The van der Waals surface area contributed by atoms with Gasteiger partial charge in [0, 0.05) is 12.1 Å². The van der Waals surface area contributed by atoms with Crippen LogP contribution >= 0.6 is 0 Å². The van der Waals surface area contributed by atoms with Crippen LogP contribution in [-0.2, 0) is 0 Å². The van der Waals surface area contributed by atoms with Crippen LogP contribution in [0.2, 0.25) is 0 Å². The van der Waals surface area contributed by atoms with E-state index in [1.165, 1.54) is 25.7 Å². The molecule has 12 heavy (non-hydrogen) atoms. The lowest BCUT2D eigenvalue weighted by molar-refractivity contribution is 0.325. The molecular formula is C8H24N4. The molecule has 4 nitrogen and oxygen atoms in total. The van der Waals surface area contributed by atoms with Gasteiger partial charge in [-0.2, -0.15) is 0 Å². The van der Waals surface area contributed by atoms with Crippen LogP contribution in [0.25, 0.3) is 0 Å².